The number of aryl methyl sites for hydroxylation is 1. The van der Waals surface area contributed by atoms with Crippen LogP contribution in [0.25, 0.3) is 21.8 Å². The second-order valence-corrected chi connectivity index (χ2v) is 6.54. The van der Waals surface area contributed by atoms with E-state index in [1.54, 1.807) is 0 Å². The van der Waals surface area contributed by atoms with Crippen molar-refractivity contribution in [1.82, 2.24) is 4.57 Å². The van der Waals surface area contributed by atoms with Gasteiger partial charge in [-0.15, -0.1) is 0 Å². The van der Waals surface area contributed by atoms with Crippen molar-refractivity contribution in [2.45, 2.75) is 26.3 Å². The number of nitrogens with one attached hydrogen (secondary N) is 1. The first kappa shape index (κ1) is 16.3. The average Bonchev–Trinajstić information content (AvgIpc) is 2.96. The highest BCUT2D eigenvalue weighted by Crippen LogP contribution is 2.31. The molecule has 0 aliphatic heterocycles. The van der Waals surface area contributed by atoms with Crippen molar-refractivity contribution in [3.05, 3.63) is 66.4 Å². The first-order chi connectivity index (χ1) is 12.7. The fraction of sp³-hybridized carbons (Fsp3) is 0.182. The van der Waals surface area contributed by atoms with Crippen molar-refractivity contribution in [1.29, 1.82) is 0 Å². The van der Waals surface area contributed by atoms with Crippen molar-refractivity contribution in [3.8, 4) is 0 Å². The Balaban J connectivity index is 1.79. The molecule has 4 heteroatoms. The number of carbonyl (C=O) groups excluding carboxylic acids is 2. The summed E-state index contributed by atoms with van der Waals surface area (Å²) in [6, 6.07) is 14.5. The molecule has 1 aliphatic carbocycles. The molecular formula is C22H20N2O2. The van der Waals surface area contributed by atoms with Crippen LogP contribution in [0.2, 0.25) is 0 Å². The summed E-state index contributed by atoms with van der Waals surface area (Å²) in [5.74, 6) is -0.362. The summed E-state index contributed by atoms with van der Waals surface area (Å²) >= 11 is 0. The lowest BCUT2D eigenvalue weighted by Crippen LogP contribution is -2.14. The molecule has 1 N–H and O–H groups in total. The van der Waals surface area contributed by atoms with E-state index in [0.29, 0.717) is 5.70 Å². The number of unbranched alkanes of at least 4 members (excludes halogenated alkanes) is 1. The molecule has 4 rings (SSSR count). The summed E-state index contributed by atoms with van der Waals surface area (Å²) < 4.78 is 2.36. The van der Waals surface area contributed by atoms with Crippen molar-refractivity contribution >= 4 is 39.1 Å². The molecule has 0 spiro atoms. The molecule has 3 aromatic rings. The summed E-state index contributed by atoms with van der Waals surface area (Å²) in [7, 11) is 0. The lowest BCUT2D eigenvalue weighted by atomic mass is 10.1. The number of nitrogens with zero attached hydrogens (tertiary/aromatic N) is 1. The number of para-hydroxylation sites is 1. The monoisotopic (exact) mass is 344 g/mol. The van der Waals surface area contributed by atoms with E-state index in [1.807, 2.05) is 12.1 Å². The van der Waals surface area contributed by atoms with Gasteiger partial charge in [0.25, 0.3) is 0 Å². The minimum atomic E-state index is -0.185. The maximum absolute atomic E-state index is 12.0. The number of allylic oxidation sites excluding steroid dienone is 3. The van der Waals surface area contributed by atoms with Gasteiger partial charge in [-0.1, -0.05) is 31.5 Å². The minimum Gasteiger partial charge on any atom is -0.352 e. The van der Waals surface area contributed by atoms with Crippen LogP contribution in [0.1, 0.15) is 19.8 Å². The Labute approximate surface area is 151 Å². The summed E-state index contributed by atoms with van der Waals surface area (Å²) in [5, 5.41) is 5.44. The van der Waals surface area contributed by atoms with Crippen LogP contribution in [-0.2, 0) is 16.1 Å². The molecule has 130 valence electrons. The zero-order valence-corrected chi connectivity index (χ0v) is 14.7. The SMILES string of the molecule is CCCCn1c2ccccc2c2cc(NC3=CC(=O)C=CC3=O)ccc21. The van der Waals surface area contributed by atoms with Crippen LogP contribution in [0.5, 0.6) is 0 Å². The van der Waals surface area contributed by atoms with Crippen LogP contribution in [0.15, 0.2) is 66.4 Å². The Morgan fingerprint density at radius 2 is 1.77 bits per heavy atom. The van der Waals surface area contributed by atoms with E-state index in [0.717, 1.165) is 30.5 Å². The van der Waals surface area contributed by atoms with Crippen LogP contribution in [0.3, 0.4) is 0 Å². The van der Waals surface area contributed by atoms with Crippen molar-refractivity contribution in [2.75, 3.05) is 5.32 Å². The number of hydrogen-bond acceptors (Lipinski definition) is 3. The Hall–Kier alpha value is -3.14. The molecule has 26 heavy (non-hydrogen) atoms. The molecule has 1 aromatic heterocycles. The first-order valence-corrected chi connectivity index (χ1v) is 8.93. The van der Waals surface area contributed by atoms with E-state index in [4.69, 9.17) is 0 Å². The lowest BCUT2D eigenvalue weighted by molar-refractivity contribution is -0.114. The predicted octanol–water partition coefficient (Wildman–Crippen LogP) is 4.60. The van der Waals surface area contributed by atoms with Gasteiger partial charge in [0.05, 0.1) is 5.70 Å². The summed E-state index contributed by atoms with van der Waals surface area (Å²) in [5.41, 5.74) is 3.52. The number of aromatic nitrogens is 1. The van der Waals surface area contributed by atoms with Gasteiger partial charge in [0.2, 0.25) is 5.78 Å². The third-order valence-electron chi connectivity index (χ3n) is 4.74. The van der Waals surface area contributed by atoms with E-state index in [1.165, 1.54) is 34.6 Å². The molecule has 0 radical (unpaired) electrons. The van der Waals surface area contributed by atoms with Gasteiger partial charge >= 0.3 is 0 Å². The molecule has 4 nitrogen and oxygen atoms in total. The number of anilines is 1. The van der Waals surface area contributed by atoms with Gasteiger partial charge < -0.3 is 9.88 Å². The molecule has 0 fully saturated rings. The van der Waals surface area contributed by atoms with Gasteiger partial charge in [0.15, 0.2) is 5.78 Å². The van der Waals surface area contributed by atoms with Crippen LogP contribution in [0, 0.1) is 0 Å². The Kier molecular flexibility index (Phi) is 4.17. The lowest BCUT2D eigenvalue weighted by Gasteiger charge is -2.11. The summed E-state index contributed by atoms with van der Waals surface area (Å²) in [6.45, 7) is 3.18. The van der Waals surface area contributed by atoms with Gasteiger partial charge in [-0.05, 0) is 42.8 Å². The van der Waals surface area contributed by atoms with E-state index in [9.17, 15) is 9.59 Å². The summed E-state index contributed by atoms with van der Waals surface area (Å²) in [4.78, 5) is 23.5. The minimum absolute atomic E-state index is 0.177. The van der Waals surface area contributed by atoms with Crippen molar-refractivity contribution < 1.29 is 9.59 Å². The third kappa shape index (κ3) is 2.84. The van der Waals surface area contributed by atoms with Gasteiger partial charge in [0.1, 0.15) is 0 Å². The van der Waals surface area contributed by atoms with Gasteiger partial charge in [-0.2, -0.15) is 0 Å². The van der Waals surface area contributed by atoms with Gasteiger partial charge in [0, 0.05) is 40.1 Å². The highest BCUT2D eigenvalue weighted by atomic mass is 16.1. The number of carbonyl (C=O) groups is 2. The normalized spacial score (nSPS) is 14.3. The smallest absolute Gasteiger partial charge is 0.202 e. The van der Waals surface area contributed by atoms with E-state index in [2.05, 4.69) is 47.1 Å². The molecule has 0 atom stereocenters. The first-order valence-electron chi connectivity index (χ1n) is 8.93. The fourth-order valence-electron chi connectivity index (χ4n) is 3.45. The topological polar surface area (TPSA) is 51.1 Å². The number of benzene rings is 2. The highest BCUT2D eigenvalue weighted by molar-refractivity contribution is 6.18. The van der Waals surface area contributed by atoms with E-state index in [-0.39, 0.29) is 11.6 Å². The molecule has 0 amide bonds. The maximum atomic E-state index is 12.0. The molecule has 2 aromatic carbocycles. The molecular weight excluding hydrogens is 324 g/mol. The molecule has 0 bridgehead atoms. The second-order valence-electron chi connectivity index (χ2n) is 6.54. The quantitative estimate of drug-likeness (QED) is 0.688. The zero-order chi connectivity index (χ0) is 18.1. The molecule has 0 saturated heterocycles. The number of fused-ring (bicyclic) bond motifs is 3. The van der Waals surface area contributed by atoms with Crippen LogP contribution in [-0.4, -0.2) is 16.1 Å². The van der Waals surface area contributed by atoms with Crippen molar-refractivity contribution in [3.63, 3.8) is 0 Å². The largest absolute Gasteiger partial charge is 0.352 e. The number of ketones is 2. The van der Waals surface area contributed by atoms with Gasteiger partial charge in [-0.3, -0.25) is 9.59 Å². The van der Waals surface area contributed by atoms with E-state index >= 15 is 0 Å². The Morgan fingerprint density at radius 1 is 0.962 bits per heavy atom. The van der Waals surface area contributed by atoms with Crippen molar-refractivity contribution in [2.24, 2.45) is 0 Å². The fourth-order valence-corrected chi connectivity index (χ4v) is 3.45. The van der Waals surface area contributed by atoms with Crippen LogP contribution < -0.4 is 5.32 Å². The Morgan fingerprint density at radius 3 is 2.62 bits per heavy atom. The second kappa shape index (κ2) is 6.64. The molecule has 1 aliphatic rings. The molecule has 0 saturated carbocycles. The average molecular weight is 344 g/mol. The maximum Gasteiger partial charge on any atom is 0.202 e. The predicted molar refractivity (Wildman–Crippen MR) is 105 cm³/mol. The Bertz CT molecular complexity index is 1090. The summed E-state index contributed by atoms with van der Waals surface area (Å²) in [6.07, 6.45) is 6.21. The highest BCUT2D eigenvalue weighted by Gasteiger charge is 2.15. The molecule has 1 heterocycles. The van der Waals surface area contributed by atoms with Gasteiger partial charge in [-0.25, -0.2) is 0 Å². The van der Waals surface area contributed by atoms with Crippen LogP contribution >= 0.6 is 0 Å². The van der Waals surface area contributed by atoms with E-state index < -0.39 is 0 Å². The number of rotatable bonds is 5. The zero-order valence-electron chi connectivity index (χ0n) is 14.7. The third-order valence-corrected chi connectivity index (χ3v) is 4.74. The van der Waals surface area contributed by atoms with Crippen LogP contribution in [0.4, 0.5) is 5.69 Å². The molecule has 0 unspecified atom stereocenters. The standard InChI is InChI=1S/C22H20N2O2/c1-2-3-12-24-20-7-5-4-6-17(20)18-13-15(8-10-21(18)24)23-19-14-16(25)9-11-22(19)26/h4-11,13-14,23H,2-3,12H2,1H3. The number of hydrogen-bond donors (Lipinski definition) is 1.